The minimum atomic E-state index is -1.01. The molecule has 2 unspecified atom stereocenters. The zero-order valence-corrected chi connectivity index (χ0v) is 18.4. The molecule has 1 fully saturated rings. The number of pyridine rings is 1. The van der Waals surface area contributed by atoms with Gasteiger partial charge in [-0.2, -0.15) is 0 Å². The van der Waals surface area contributed by atoms with Crippen molar-refractivity contribution in [3.05, 3.63) is 62.0 Å². The van der Waals surface area contributed by atoms with Crippen molar-refractivity contribution < 1.29 is 23.5 Å². The average Bonchev–Trinajstić information content (AvgIpc) is 3.47. The number of benzene rings is 1. The summed E-state index contributed by atoms with van der Waals surface area (Å²) in [5.74, 6) is -3.36. The van der Waals surface area contributed by atoms with E-state index in [2.05, 4.69) is 12.2 Å². The van der Waals surface area contributed by atoms with Gasteiger partial charge >= 0.3 is 0 Å². The lowest BCUT2D eigenvalue weighted by Gasteiger charge is -2.41. The Morgan fingerprint density at radius 3 is 2.56 bits per heavy atom. The van der Waals surface area contributed by atoms with Crippen molar-refractivity contribution in [2.45, 2.75) is 38.9 Å². The first-order valence-corrected chi connectivity index (χ1v) is 10.6. The lowest BCUT2D eigenvalue weighted by atomic mass is 9.96. The smallest absolute Gasteiger partial charge is 0.274 e. The number of nitrogens with one attached hydrogen (secondary N) is 1. The highest BCUT2D eigenvalue weighted by Crippen LogP contribution is 2.47. The Bertz CT molecular complexity index is 1200. The van der Waals surface area contributed by atoms with E-state index in [-0.39, 0.29) is 41.4 Å². The topological polar surface area (TPSA) is 91.6 Å². The molecule has 32 heavy (non-hydrogen) atoms. The maximum Gasteiger partial charge on any atom is 0.274 e. The van der Waals surface area contributed by atoms with Crippen LogP contribution in [0, 0.1) is 23.5 Å². The number of rotatable bonds is 4. The number of aromatic hydroxyl groups is 1. The van der Waals surface area contributed by atoms with Crippen LogP contribution in [0.4, 0.5) is 8.78 Å². The van der Waals surface area contributed by atoms with E-state index < -0.39 is 39.6 Å². The summed E-state index contributed by atoms with van der Waals surface area (Å²) in [6.07, 6.45) is 2.23. The van der Waals surface area contributed by atoms with E-state index in [1.807, 2.05) is 6.92 Å². The fourth-order valence-electron chi connectivity index (χ4n) is 4.55. The number of carbonyl (C=O) groups excluding carboxylic acids is 2. The van der Waals surface area contributed by atoms with Gasteiger partial charge in [0.15, 0.2) is 11.4 Å². The van der Waals surface area contributed by atoms with Gasteiger partial charge in [-0.15, -0.1) is 0 Å². The summed E-state index contributed by atoms with van der Waals surface area (Å²) in [4.78, 5) is 39.8. The Kier molecular flexibility index (Phi) is 5.48. The van der Waals surface area contributed by atoms with Gasteiger partial charge < -0.3 is 19.9 Å². The highest BCUT2D eigenvalue weighted by atomic mass is 35.5. The molecule has 4 rings (SSSR count). The third kappa shape index (κ3) is 3.44. The molecule has 0 radical (unpaired) electrons. The minimum Gasteiger partial charge on any atom is -0.503 e. The fraction of sp³-hybridized carbons (Fsp3) is 0.409. The fourth-order valence-corrected chi connectivity index (χ4v) is 4.73. The molecule has 2 N–H and O–H groups in total. The normalized spacial score (nSPS) is 24.3. The van der Waals surface area contributed by atoms with Gasteiger partial charge in [0.2, 0.25) is 5.43 Å². The molecule has 7 nitrogen and oxygen atoms in total. The van der Waals surface area contributed by atoms with Gasteiger partial charge in [0, 0.05) is 25.4 Å². The summed E-state index contributed by atoms with van der Waals surface area (Å²) >= 11 is 5.55. The summed E-state index contributed by atoms with van der Waals surface area (Å²) in [6.45, 7) is 3.60. The van der Waals surface area contributed by atoms with Gasteiger partial charge in [-0.1, -0.05) is 24.6 Å². The molecule has 10 heteroatoms. The zero-order chi connectivity index (χ0) is 23.5. The van der Waals surface area contributed by atoms with Crippen molar-refractivity contribution in [2.24, 2.45) is 11.8 Å². The van der Waals surface area contributed by atoms with Crippen LogP contribution in [0.3, 0.4) is 0 Å². The summed E-state index contributed by atoms with van der Waals surface area (Å²) in [6, 6.07) is 1.67. The standard InChI is InChI=1S/C22H22ClF2N3O4/c1-9-6-12(9)17-10(2)28-8-13(19(29)20(30)18(28)22(32)27(17)3)21(31)26-7-11-4-5-14(24)15(23)16(11)25/h4-5,8-10,12,17,30H,6-7H2,1-3H3,(H,26,31)/t9?,10-,12?,17-/m0/s1. The van der Waals surface area contributed by atoms with Crippen LogP contribution < -0.4 is 10.7 Å². The number of likely N-dealkylation sites (N-methyl/N-ethyl adjacent to an activating group) is 1. The van der Waals surface area contributed by atoms with E-state index >= 15 is 0 Å². The van der Waals surface area contributed by atoms with Crippen molar-refractivity contribution in [2.75, 3.05) is 7.05 Å². The molecule has 2 heterocycles. The van der Waals surface area contributed by atoms with Gasteiger partial charge in [-0.25, -0.2) is 8.78 Å². The molecule has 2 aromatic rings. The van der Waals surface area contributed by atoms with Crippen LogP contribution in [-0.4, -0.2) is 39.5 Å². The first-order valence-electron chi connectivity index (χ1n) is 10.2. The molecule has 2 aliphatic rings. The number of halogens is 3. The lowest BCUT2D eigenvalue weighted by Crippen LogP contribution is -2.50. The van der Waals surface area contributed by atoms with E-state index in [0.717, 1.165) is 18.6 Å². The van der Waals surface area contributed by atoms with Gasteiger partial charge in [0.25, 0.3) is 11.8 Å². The van der Waals surface area contributed by atoms with Crippen molar-refractivity contribution in [3.63, 3.8) is 0 Å². The third-order valence-corrected chi connectivity index (χ3v) is 6.87. The Hall–Kier alpha value is -2.94. The number of hydrogen-bond acceptors (Lipinski definition) is 4. The second-order valence-electron chi connectivity index (χ2n) is 8.52. The Morgan fingerprint density at radius 1 is 1.28 bits per heavy atom. The predicted molar refractivity (Wildman–Crippen MR) is 113 cm³/mol. The molecule has 0 saturated heterocycles. The molecule has 2 amide bonds. The van der Waals surface area contributed by atoms with E-state index in [4.69, 9.17) is 11.6 Å². The zero-order valence-electron chi connectivity index (χ0n) is 17.7. The van der Waals surface area contributed by atoms with Crippen molar-refractivity contribution in [1.82, 2.24) is 14.8 Å². The Balaban J connectivity index is 1.66. The third-order valence-electron chi connectivity index (χ3n) is 6.52. The molecule has 0 bridgehead atoms. The average molecular weight is 466 g/mol. The van der Waals surface area contributed by atoms with Crippen LogP contribution in [-0.2, 0) is 6.54 Å². The van der Waals surface area contributed by atoms with Crippen molar-refractivity contribution in [3.8, 4) is 5.75 Å². The van der Waals surface area contributed by atoms with E-state index in [1.54, 1.807) is 11.9 Å². The van der Waals surface area contributed by atoms with Gasteiger partial charge in [-0.05, 0) is 31.2 Å². The number of nitrogens with zero attached hydrogens (tertiary/aromatic N) is 2. The number of fused-ring (bicyclic) bond motifs is 1. The second kappa shape index (κ2) is 7.88. The molecule has 0 spiro atoms. The molecule has 1 aromatic carbocycles. The molecular formula is C22H22ClF2N3O4. The van der Waals surface area contributed by atoms with Crippen LogP contribution in [0.15, 0.2) is 23.1 Å². The minimum absolute atomic E-state index is 0.0695. The maximum atomic E-state index is 14.1. The van der Waals surface area contributed by atoms with Gasteiger partial charge in [0.1, 0.15) is 22.2 Å². The monoisotopic (exact) mass is 465 g/mol. The number of amides is 2. The molecule has 170 valence electrons. The predicted octanol–water partition coefficient (Wildman–Crippen LogP) is 3.09. The van der Waals surface area contributed by atoms with Gasteiger partial charge in [-0.3, -0.25) is 14.4 Å². The van der Waals surface area contributed by atoms with E-state index in [1.165, 1.54) is 10.8 Å². The molecule has 1 aromatic heterocycles. The SMILES string of the molecule is CC1CC1[C@@H]1[C@H](C)n2cc(C(=O)NCc3ccc(F)c(Cl)c3F)c(=O)c(O)c2C(=O)N1C. The Morgan fingerprint density at radius 2 is 1.94 bits per heavy atom. The van der Waals surface area contributed by atoms with E-state index in [9.17, 15) is 28.3 Å². The summed E-state index contributed by atoms with van der Waals surface area (Å²) < 4.78 is 28.9. The molecular weight excluding hydrogens is 444 g/mol. The first-order chi connectivity index (χ1) is 15.0. The second-order valence-corrected chi connectivity index (χ2v) is 8.90. The van der Waals surface area contributed by atoms with Crippen LogP contribution in [0.25, 0.3) is 0 Å². The van der Waals surface area contributed by atoms with Crippen molar-refractivity contribution >= 4 is 23.4 Å². The number of carbonyl (C=O) groups is 2. The molecule has 1 aliphatic heterocycles. The molecule has 1 aliphatic carbocycles. The highest BCUT2D eigenvalue weighted by molar-refractivity contribution is 6.30. The van der Waals surface area contributed by atoms with Crippen LogP contribution in [0.2, 0.25) is 5.02 Å². The molecule has 1 saturated carbocycles. The summed E-state index contributed by atoms with van der Waals surface area (Å²) in [5, 5.41) is 12.2. The van der Waals surface area contributed by atoms with Crippen LogP contribution in [0.5, 0.6) is 5.75 Å². The lowest BCUT2D eigenvalue weighted by molar-refractivity contribution is 0.0553. The largest absolute Gasteiger partial charge is 0.503 e. The maximum absolute atomic E-state index is 14.1. The molecule has 4 atom stereocenters. The number of hydrogen-bond donors (Lipinski definition) is 2. The highest BCUT2D eigenvalue weighted by Gasteiger charge is 2.49. The quantitative estimate of drug-likeness (QED) is 0.679. The van der Waals surface area contributed by atoms with Crippen molar-refractivity contribution in [1.29, 1.82) is 0 Å². The van der Waals surface area contributed by atoms with Crippen LogP contribution >= 0.6 is 11.6 Å². The number of aromatic nitrogens is 1. The summed E-state index contributed by atoms with van der Waals surface area (Å²) in [5.41, 5.74) is -1.62. The Labute approximate surface area is 187 Å². The van der Waals surface area contributed by atoms with E-state index in [0.29, 0.717) is 5.92 Å². The van der Waals surface area contributed by atoms with Crippen LogP contribution in [0.1, 0.15) is 52.7 Å². The first kappa shape index (κ1) is 22.3. The summed E-state index contributed by atoms with van der Waals surface area (Å²) in [7, 11) is 1.64. The van der Waals surface area contributed by atoms with Gasteiger partial charge in [0.05, 0.1) is 12.1 Å².